The van der Waals surface area contributed by atoms with Gasteiger partial charge in [-0.3, -0.25) is 0 Å². The number of hydrogen-bond acceptors (Lipinski definition) is 5. The van der Waals surface area contributed by atoms with Gasteiger partial charge >= 0.3 is 0 Å². The normalized spacial score (nSPS) is 10.6. The number of rotatable bonds is 2. The molecule has 0 aliphatic heterocycles. The van der Waals surface area contributed by atoms with Crippen LogP contribution in [0.2, 0.25) is 0 Å². The van der Waals surface area contributed by atoms with Gasteiger partial charge in [0.15, 0.2) is 11.6 Å². The lowest BCUT2D eigenvalue weighted by molar-refractivity contribution is 0.436. The van der Waals surface area contributed by atoms with Crippen LogP contribution in [-0.4, -0.2) is 15.1 Å². The monoisotopic (exact) mass is 252 g/mol. The maximum absolute atomic E-state index is 5.93. The predicted octanol–water partition coefficient (Wildman–Crippen LogP) is 2.69. The summed E-state index contributed by atoms with van der Waals surface area (Å²) in [6.07, 6.45) is 4.82. The molecule has 3 aromatic rings. The molecule has 0 aliphatic carbocycles. The second-order valence-corrected chi connectivity index (χ2v) is 4.21. The van der Waals surface area contributed by atoms with E-state index in [0.29, 0.717) is 11.6 Å². The van der Waals surface area contributed by atoms with E-state index >= 15 is 0 Å². The molecule has 2 aromatic heterocycles. The Kier molecular flexibility index (Phi) is 2.72. The van der Waals surface area contributed by atoms with Crippen molar-refractivity contribution in [2.75, 3.05) is 5.73 Å². The van der Waals surface area contributed by atoms with Crippen LogP contribution in [-0.2, 0) is 0 Å². The first-order valence-electron chi connectivity index (χ1n) is 5.84. The molecule has 0 saturated carbocycles. The molecule has 0 aliphatic rings. The smallest absolute Gasteiger partial charge is 0.180 e. The topological polar surface area (TPSA) is 77.8 Å². The summed E-state index contributed by atoms with van der Waals surface area (Å²) in [6, 6.07) is 7.95. The first kappa shape index (κ1) is 11.4. The van der Waals surface area contributed by atoms with Crippen LogP contribution in [0.5, 0.6) is 0 Å². The third-order valence-corrected chi connectivity index (χ3v) is 2.96. The molecule has 2 N–H and O–H groups in total. The first-order chi connectivity index (χ1) is 9.27. The lowest BCUT2D eigenvalue weighted by atomic mass is 9.99. The molecule has 0 amide bonds. The highest BCUT2D eigenvalue weighted by Gasteiger charge is 2.19. The predicted molar refractivity (Wildman–Crippen MR) is 72.1 cm³/mol. The number of nitrogens with two attached hydrogens (primary N) is 1. The maximum Gasteiger partial charge on any atom is 0.180 e. The van der Waals surface area contributed by atoms with Crippen molar-refractivity contribution in [1.29, 1.82) is 0 Å². The van der Waals surface area contributed by atoms with E-state index in [1.54, 1.807) is 12.4 Å². The molecule has 5 nitrogen and oxygen atoms in total. The fraction of sp³-hybridized carbons (Fsp3) is 0.0714. The summed E-state index contributed by atoms with van der Waals surface area (Å²) in [6.45, 7) is 2.02. The number of anilines is 1. The Balaban J connectivity index is 2.23. The SMILES string of the molecule is Cc1ccccc1-c1c(N)noc1-c1cncnc1. The van der Waals surface area contributed by atoms with Crippen molar-refractivity contribution < 1.29 is 4.52 Å². The van der Waals surface area contributed by atoms with E-state index in [9.17, 15) is 0 Å². The molecule has 19 heavy (non-hydrogen) atoms. The van der Waals surface area contributed by atoms with Crippen molar-refractivity contribution in [2.24, 2.45) is 0 Å². The van der Waals surface area contributed by atoms with Gasteiger partial charge in [-0.25, -0.2) is 9.97 Å². The zero-order valence-electron chi connectivity index (χ0n) is 10.4. The molecule has 0 atom stereocenters. The summed E-state index contributed by atoms with van der Waals surface area (Å²) in [5.74, 6) is 0.959. The van der Waals surface area contributed by atoms with Crippen molar-refractivity contribution in [2.45, 2.75) is 6.92 Å². The van der Waals surface area contributed by atoms with Crippen LogP contribution < -0.4 is 5.73 Å². The molecular formula is C14H12N4O. The van der Waals surface area contributed by atoms with E-state index in [0.717, 1.165) is 22.3 Å². The number of benzene rings is 1. The number of hydrogen-bond donors (Lipinski definition) is 1. The van der Waals surface area contributed by atoms with Gasteiger partial charge in [0.05, 0.1) is 11.1 Å². The van der Waals surface area contributed by atoms with E-state index < -0.39 is 0 Å². The second-order valence-electron chi connectivity index (χ2n) is 4.21. The Morgan fingerprint density at radius 2 is 1.84 bits per heavy atom. The minimum absolute atomic E-state index is 0.369. The maximum atomic E-state index is 5.93. The Morgan fingerprint density at radius 3 is 2.58 bits per heavy atom. The molecule has 0 spiro atoms. The van der Waals surface area contributed by atoms with Gasteiger partial charge in [-0.2, -0.15) is 0 Å². The molecule has 0 saturated heterocycles. The lowest BCUT2D eigenvalue weighted by Gasteiger charge is -2.05. The third-order valence-electron chi connectivity index (χ3n) is 2.96. The Labute approximate surface area is 110 Å². The quantitative estimate of drug-likeness (QED) is 0.758. The average molecular weight is 252 g/mol. The number of aryl methyl sites for hydroxylation is 1. The summed E-state index contributed by atoms with van der Waals surface area (Å²) >= 11 is 0. The van der Waals surface area contributed by atoms with Crippen LogP contribution in [0.15, 0.2) is 47.5 Å². The Morgan fingerprint density at radius 1 is 1.11 bits per heavy atom. The van der Waals surface area contributed by atoms with Gasteiger partial charge in [0.1, 0.15) is 6.33 Å². The summed E-state index contributed by atoms with van der Waals surface area (Å²) in [4.78, 5) is 7.98. The fourth-order valence-corrected chi connectivity index (χ4v) is 2.03. The van der Waals surface area contributed by atoms with Crippen LogP contribution >= 0.6 is 0 Å². The van der Waals surface area contributed by atoms with E-state index in [4.69, 9.17) is 10.3 Å². The molecule has 2 heterocycles. The fourth-order valence-electron chi connectivity index (χ4n) is 2.03. The highest BCUT2D eigenvalue weighted by molar-refractivity contribution is 5.87. The number of nitrogens with zero attached hydrogens (tertiary/aromatic N) is 3. The molecule has 94 valence electrons. The van der Waals surface area contributed by atoms with E-state index in [-0.39, 0.29) is 0 Å². The van der Waals surface area contributed by atoms with Crippen LogP contribution in [0, 0.1) is 6.92 Å². The molecule has 0 unspecified atom stereocenters. The Bertz CT molecular complexity index is 706. The molecule has 0 radical (unpaired) electrons. The van der Waals surface area contributed by atoms with Gasteiger partial charge in [-0.1, -0.05) is 29.4 Å². The second kappa shape index (κ2) is 4.53. The highest BCUT2D eigenvalue weighted by atomic mass is 16.5. The minimum atomic E-state index is 0.369. The summed E-state index contributed by atoms with van der Waals surface area (Å²) in [7, 11) is 0. The van der Waals surface area contributed by atoms with Crippen molar-refractivity contribution in [3.63, 3.8) is 0 Å². The molecule has 1 aromatic carbocycles. The largest absolute Gasteiger partial charge is 0.380 e. The van der Waals surface area contributed by atoms with Gasteiger partial charge in [-0.05, 0) is 18.1 Å². The molecular weight excluding hydrogens is 240 g/mol. The van der Waals surface area contributed by atoms with E-state index in [1.807, 2.05) is 31.2 Å². The van der Waals surface area contributed by atoms with Gasteiger partial charge < -0.3 is 10.3 Å². The summed E-state index contributed by atoms with van der Waals surface area (Å²) in [5, 5.41) is 3.86. The average Bonchev–Trinajstić information content (AvgIpc) is 2.82. The summed E-state index contributed by atoms with van der Waals surface area (Å²) in [5.41, 5.74) is 9.58. The van der Waals surface area contributed by atoms with E-state index in [1.165, 1.54) is 6.33 Å². The van der Waals surface area contributed by atoms with Crippen LogP contribution in [0.1, 0.15) is 5.56 Å². The van der Waals surface area contributed by atoms with Crippen molar-refractivity contribution in [3.8, 4) is 22.5 Å². The minimum Gasteiger partial charge on any atom is -0.380 e. The number of nitrogen functional groups attached to an aromatic ring is 1. The Hall–Kier alpha value is -2.69. The summed E-state index contributed by atoms with van der Waals surface area (Å²) < 4.78 is 5.34. The zero-order valence-corrected chi connectivity index (χ0v) is 10.4. The van der Waals surface area contributed by atoms with Crippen LogP contribution in [0.3, 0.4) is 0 Å². The van der Waals surface area contributed by atoms with E-state index in [2.05, 4.69) is 15.1 Å². The van der Waals surface area contributed by atoms with Crippen molar-refractivity contribution in [3.05, 3.63) is 48.5 Å². The van der Waals surface area contributed by atoms with Gasteiger partial charge in [0.25, 0.3) is 0 Å². The van der Waals surface area contributed by atoms with Crippen molar-refractivity contribution >= 4 is 5.82 Å². The van der Waals surface area contributed by atoms with Crippen molar-refractivity contribution in [1.82, 2.24) is 15.1 Å². The van der Waals surface area contributed by atoms with Crippen LogP contribution in [0.4, 0.5) is 5.82 Å². The molecule has 0 bridgehead atoms. The van der Waals surface area contributed by atoms with Gasteiger partial charge in [0.2, 0.25) is 0 Å². The van der Waals surface area contributed by atoms with Gasteiger partial charge in [0, 0.05) is 12.4 Å². The lowest BCUT2D eigenvalue weighted by Crippen LogP contribution is -1.91. The molecule has 3 rings (SSSR count). The highest BCUT2D eigenvalue weighted by Crippen LogP contribution is 2.37. The standard InChI is InChI=1S/C14H12N4O/c1-9-4-2-3-5-11(9)12-13(19-18-14(12)15)10-6-16-8-17-7-10/h2-8H,1H3,(H2,15,18). The number of aromatic nitrogens is 3. The third kappa shape index (κ3) is 1.95. The zero-order chi connectivity index (χ0) is 13.2. The molecule has 5 heteroatoms. The van der Waals surface area contributed by atoms with Crippen LogP contribution in [0.25, 0.3) is 22.5 Å². The van der Waals surface area contributed by atoms with Gasteiger partial charge in [-0.15, -0.1) is 0 Å². The molecule has 0 fully saturated rings. The first-order valence-corrected chi connectivity index (χ1v) is 5.84.